The first-order valence-corrected chi connectivity index (χ1v) is 12.6. The molecule has 0 aromatic heterocycles. The van der Waals surface area contributed by atoms with Gasteiger partial charge in [-0.3, -0.25) is 10.1 Å². The highest BCUT2D eigenvalue weighted by Gasteiger charge is 2.31. The predicted octanol–water partition coefficient (Wildman–Crippen LogP) is 5.07. The van der Waals surface area contributed by atoms with Crippen molar-refractivity contribution in [1.82, 2.24) is 9.21 Å². The minimum Gasteiger partial charge on any atom is -0.410 e. The van der Waals surface area contributed by atoms with Gasteiger partial charge in [0.15, 0.2) is 0 Å². The molecule has 4 rings (SSSR count). The summed E-state index contributed by atoms with van der Waals surface area (Å²) in [5.74, 6) is 0.165. The Bertz CT molecular complexity index is 1360. The first kappa shape index (κ1) is 24.9. The van der Waals surface area contributed by atoms with E-state index in [2.05, 4.69) is 0 Å². The molecule has 1 fully saturated rings. The number of ether oxygens (including phenoxy) is 1. The van der Waals surface area contributed by atoms with Gasteiger partial charge in [-0.15, -0.1) is 0 Å². The number of rotatable bonds is 5. The van der Waals surface area contributed by atoms with E-state index in [-0.39, 0.29) is 42.5 Å². The second-order valence-corrected chi connectivity index (χ2v) is 10.4. The Balaban J connectivity index is 1.37. The van der Waals surface area contributed by atoms with Gasteiger partial charge in [-0.2, -0.15) is 4.31 Å². The van der Waals surface area contributed by atoms with E-state index in [0.29, 0.717) is 10.0 Å². The zero-order chi connectivity index (χ0) is 25.2. The number of amides is 1. The molecule has 0 radical (unpaired) electrons. The van der Waals surface area contributed by atoms with E-state index in [1.807, 2.05) is 0 Å². The normalized spacial score (nSPS) is 14.5. The second kappa shape index (κ2) is 10.2. The van der Waals surface area contributed by atoms with Crippen LogP contribution < -0.4 is 4.74 Å². The summed E-state index contributed by atoms with van der Waals surface area (Å²) in [6, 6.07) is 16.8. The summed E-state index contributed by atoms with van der Waals surface area (Å²) in [7, 11) is -3.75. The van der Waals surface area contributed by atoms with Crippen LogP contribution in [-0.2, 0) is 10.0 Å². The highest BCUT2D eigenvalue weighted by molar-refractivity contribution is 7.89. The van der Waals surface area contributed by atoms with Gasteiger partial charge in [0.05, 0.1) is 19.9 Å². The van der Waals surface area contributed by atoms with Gasteiger partial charge in [-0.05, 0) is 47.5 Å². The predicted molar refractivity (Wildman–Crippen MR) is 131 cm³/mol. The van der Waals surface area contributed by atoms with Crippen LogP contribution >= 0.6 is 23.2 Å². The molecule has 1 saturated heterocycles. The standard InChI is InChI=1S/C23H19Cl2N3O6S/c24-21-10-3-17(15-22(21)25)16-1-8-20(9-2-16)35(32,33)27-13-11-26(12-14-27)23(29)34-19-6-4-18(5-7-19)28(30)31/h1-10,15H,11-14H2. The number of sulfonamides is 1. The van der Waals surface area contributed by atoms with Gasteiger partial charge < -0.3 is 9.64 Å². The number of hydrogen-bond donors (Lipinski definition) is 0. The van der Waals surface area contributed by atoms with Crippen molar-refractivity contribution in [3.05, 3.63) is 86.9 Å². The molecule has 0 saturated carbocycles. The van der Waals surface area contributed by atoms with Crippen molar-refractivity contribution in [1.29, 1.82) is 0 Å². The van der Waals surface area contributed by atoms with Crippen molar-refractivity contribution in [2.75, 3.05) is 26.2 Å². The van der Waals surface area contributed by atoms with Crippen LogP contribution in [0.4, 0.5) is 10.5 Å². The molecule has 182 valence electrons. The average molecular weight is 536 g/mol. The largest absolute Gasteiger partial charge is 0.415 e. The molecule has 1 aliphatic rings. The monoisotopic (exact) mass is 535 g/mol. The van der Waals surface area contributed by atoms with Crippen molar-refractivity contribution in [3.63, 3.8) is 0 Å². The number of nitrogens with zero attached hydrogens (tertiary/aromatic N) is 3. The van der Waals surface area contributed by atoms with Crippen LogP contribution in [0.2, 0.25) is 10.0 Å². The van der Waals surface area contributed by atoms with Crippen molar-refractivity contribution in [2.24, 2.45) is 0 Å². The molecule has 3 aromatic rings. The molecule has 9 nitrogen and oxygen atoms in total. The van der Waals surface area contributed by atoms with E-state index in [1.54, 1.807) is 30.3 Å². The SMILES string of the molecule is O=C(Oc1ccc([N+](=O)[O-])cc1)N1CCN(S(=O)(=O)c2ccc(-c3ccc(Cl)c(Cl)c3)cc2)CC1. The van der Waals surface area contributed by atoms with E-state index in [4.69, 9.17) is 27.9 Å². The summed E-state index contributed by atoms with van der Waals surface area (Å²) in [4.78, 5) is 24.1. The lowest BCUT2D eigenvalue weighted by Crippen LogP contribution is -2.51. The lowest BCUT2D eigenvalue weighted by molar-refractivity contribution is -0.384. The third kappa shape index (κ3) is 5.57. The Kier molecular flexibility index (Phi) is 7.27. The van der Waals surface area contributed by atoms with Gasteiger partial charge in [0, 0.05) is 38.3 Å². The van der Waals surface area contributed by atoms with Crippen LogP contribution in [0, 0.1) is 10.1 Å². The zero-order valence-corrected chi connectivity index (χ0v) is 20.5. The van der Waals surface area contributed by atoms with Crippen molar-refractivity contribution in [2.45, 2.75) is 4.90 Å². The minimum atomic E-state index is -3.75. The van der Waals surface area contributed by atoms with Crippen LogP contribution in [-0.4, -0.2) is 54.8 Å². The summed E-state index contributed by atoms with van der Waals surface area (Å²) in [6.45, 7) is 0.497. The van der Waals surface area contributed by atoms with Gasteiger partial charge in [-0.25, -0.2) is 13.2 Å². The molecule has 1 amide bonds. The Morgan fingerprint density at radius 1 is 0.857 bits per heavy atom. The molecule has 1 heterocycles. The third-order valence-corrected chi connectivity index (χ3v) is 8.15. The van der Waals surface area contributed by atoms with E-state index in [0.717, 1.165) is 11.1 Å². The maximum atomic E-state index is 13.1. The maximum Gasteiger partial charge on any atom is 0.415 e. The molecule has 35 heavy (non-hydrogen) atoms. The van der Waals surface area contributed by atoms with Gasteiger partial charge in [0.2, 0.25) is 10.0 Å². The lowest BCUT2D eigenvalue weighted by Gasteiger charge is -2.33. The Labute approximate surface area is 211 Å². The molecule has 1 aliphatic heterocycles. The fourth-order valence-corrected chi connectivity index (χ4v) is 5.28. The quantitative estimate of drug-likeness (QED) is 0.333. The maximum absolute atomic E-state index is 13.1. The number of nitro groups is 1. The van der Waals surface area contributed by atoms with Gasteiger partial charge in [0.25, 0.3) is 5.69 Å². The minimum absolute atomic E-state index is 0.103. The lowest BCUT2D eigenvalue weighted by atomic mass is 10.1. The van der Waals surface area contributed by atoms with Crippen molar-refractivity contribution < 1.29 is 22.9 Å². The Hall–Kier alpha value is -3.18. The molecule has 0 spiro atoms. The van der Waals surface area contributed by atoms with Crippen LogP contribution in [0.1, 0.15) is 0 Å². The van der Waals surface area contributed by atoms with E-state index in [9.17, 15) is 23.3 Å². The summed E-state index contributed by atoms with van der Waals surface area (Å²) >= 11 is 12.0. The zero-order valence-electron chi connectivity index (χ0n) is 18.1. The van der Waals surface area contributed by atoms with Gasteiger partial charge in [0.1, 0.15) is 5.75 Å². The van der Waals surface area contributed by atoms with E-state index >= 15 is 0 Å². The van der Waals surface area contributed by atoms with Gasteiger partial charge >= 0.3 is 6.09 Å². The number of non-ortho nitro benzene ring substituents is 1. The summed E-state index contributed by atoms with van der Waals surface area (Å²) in [5.41, 5.74) is 1.48. The molecular formula is C23H19Cl2N3O6S. The number of halogens is 2. The number of benzene rings is 3. The highest BCUT2D eigenvalue weighted by atomic mass is 35.5. The van der Waals surface area contributed by atoms with Crippen LogP contribution in [0.5, 0.6) is 5.75 Å². The van der Waals surface area contributed by atoms with Crippen LogP contribution in [0.15, 0.2) is 71.6 Å². The fourth-order valence-electron chi connectivity index (χ4n) is 3.56. The molecule has 0 atom stereocenters. The number of nitro benzene ring substituents is 1. The molecule has 0 aliphatic carbocycles. The molecule has 0 unspecified atom stereocenters. The van der Waals surface area contributed by atoms with Crippen LogP contribution in [0.25, 0.3) is 11.1 Å². The first-order valence-electron chi connectivity index (χ1n) is 10.4. The fraction of sp³-hybridized carbons (Fsp3) is 0.174. The summed E-state index contributed by atoms with van der Waals surface area (Å²) in [5, 5.41) is 11.6. The molecule has 3 aromatic carbocycles. The van der Waals surface area contributed by atoms with Gasteiger partial charge in [-0.1, -0.05) is 41.4 Å². The Morgan fingerprint density at radius 3 is 2.03 bits per heavy atom. The van der Waals surface area contributed by atoms with E-state index < -0.39 is 21.0 Å². The summed E-state index contributed by atoms with van der Waals surface area (Å²) in [6.07, 6.45) is -0.651. The molecule has 12 heteroatoms. The smallest absolute Gasteiger partial charge is 0.410 e. The molecule has 0 bridgehead atoms. The summed E-state index contributed by atoms with van der Waals surface area (Å²) < 4.78 is 32.7. The third-order valence-electron chi connectivity index (χ3n) is 5.49. The number of hydrogen-bond acceptors (Lipinski definition) is 6. The molecular weight excluding hydrogens is 517 g/mol. The van der Waals surface area contributed by atoms with Crippen molar-refractivity contribution >= 4 is 45.0 Å². The molecule has 0 N–H and O–H groups in total. The van der Waals surface area contributed by atoms with E-state index in [1.165, 1.54) is 45.6 Å². The number of piperazine rings is 1. The van der Waals surface area contributed by atoms with Crippen LogP contribution in [0.3, 0.4) is 0 Å². The number of carbonyl (C=O) groups excluding carboxylic acids is 1. The van der Waals surface area contributed by atoms with Crippen molar-refractivity contribution in [3.8, 4) is 16.9 Å². The first-order chi connectivity index (χ1) is 16.6. The Morgan fingerprint density at radius 2 is 1.46 bits per heavy atom. The average Bonchev–Trinajstić information content (AvgIpc) is 2.86. The second-order valence-electron chi connectivity index (χ2n) is 7.66. The topological polar surface area (TPSA) is 110 Å². The number of carbonyl (C=O) groups is 1. The highest BCUT2D eigenvalue weighted by Crippen LogP contribution is 2.29.